The second-order valence-electron chi connectivity index (χ2n) is 7.46. The largest absolute Gasteiger partial charge is 0.452 e. The fourth-order valence-electron chi connectivity index (χ4n) is 3.55. The maximum atomic E-state index is 12.7. The summed E-state index contributed by atoms with van der Waals surface area (Å²) in [6.45, 7) is 0.556. The summed E-state index contributed by atoms with van der Waals surface area (Å²) in [5.41, 5.74) is 1.88. The van der Waals surface area contributed by atoms with Crippen LogP contribution in [0.15, 0.2) is 53.4 Å². The van der Waals surface area contributed by atoms with Crippen molar-refractivity contribution in [3.8, 4) is 0 Å². The minimum Gasteiger partial charge on any atom is -0.452 e. The molecule has 32 heavy (non-hydrogen) atoms. The fourth-order valence-corrected chi connectivity index (χ4v) is 7.97. The number of ether oxygens (including phenoxy) is 1. The van der Waals surface area contributed by atoms with Crippen molar-refractivity contribution in [2.24, 2.45) is 0 Å². The van der Waals surface area contributed by atoms with Gasteiger partial charge in [0, 0.05) is 30.3 Å². The van der Waals surface area contributed by atoms with Crippen LogP contribution in [0, 0.1) is 0 Å². The molecule has 2 aromatic rings. The van der Waals surface area contributed by atoms with Gasteiger partial charge in [0.05, 0.1) is 15.0 Å². The van der Waals surface area contributed by atoms with Gasteiger partial charge >= 0.3 is 5.97 Å². The van der Waals surface area contributed by atoms with E-state index in [1.807, 2.05) is 35.7 Å². The Morgan fingerprint density at radius 1 is 1.03 bits per heavy atom. The molecule has 0 aliphatic carbocycles. The van der Waals surface area contributed by atoms with Gasteiger partial charge in [-0.3, -0.25) is 4.79 Å². The molecule has 1 amide bonds. The molecule has 0 radical (unpaired) electrons. The van der Waals surface area contributed by atoms with Gasteiger partial charge in [0.15, 0.2) is 6.61 Å². The molecule has 0 spiro atoms. The van der Waals surface area contributed by atoms with Crippen LogP contribution in [-0.2, 0) is 19.6 Å². The molecular formula is C22H24N2O5S3. The molecule has 0 unspecified atom stereocenters. The van der Waals surface area contributed by atoms with E-state index in [-0.39, 0.29) is 4.90 Å². The van der Waals surface area contributed by atoms with Crippen LogP contribution in [0.3, 0.4) is 0 Å². The lowest BCUT2D eigenvalue weighted by molar-refractivity contribution is -0.119. The first kappa shape index (κ1) is 23.2. The predicted molar refractivity (Wildman–Crippen MR) is 127 cm³/mol. The molecule has 0 aromatic heterocycles. The maximum absolute atomic E-state index is 12.7. The third-order valence-corrected chi connectivity index (χ3v) is 10.2. The number of esters is 1. The maximum Gasteiger partial charge on any atom is 0.338 e. The average Bonchev–Trinajstić information content (AvgIpc) is 3.53. The van der Waals surface area contributed by atoms with Crippen LogP contribution >= 0.6 is 23.5 Å². The lowest BCUT2D eigenvalue weighted by Crippen LogP contribution is -2.28. The number of nitrogens with zero attached hydrogens (tertiary/aromatic N) is 1. The predicted octanol–water partition coefficient (Wildman–Crippen LogP) is 3.75. The third-order valence-electron chi connectivity index (χ3n) is 5.20. The molecule has 0 saturated carbocycles. The second-order valence-corrected chi connectivity index (χ2v) is 12.1. The van der Waals surface area contributed by atoms with Gasteiger partial charge < -0.3 is 10.1 Å². The Balaban J connectivity index is 1.31. The number of nitrogens with one attached hydrogen (secondary N) is 1. The van der Waals surface area contributed by atoms with E-state index >= 15 is 0 Å². The summed E-state index contributed by atoms with van der Waals surface area (Å²) >= 11 is 3.78. The van der Waals surface area contributed by atoms with Crippen molar-refractivity contribution >= 4 is 51.1 Å². The van der Waals surface area contributed by atoms with E-state index in [0.717, 1.165) is 29.9 Å². The normalized spacial score (nSPS) is 17.4. The second kappa shape index (κ2) is 10.3. The van der Waals surface area contributed by atoms with E-state index in [2.05, 4.69) is 5.32 Å². The molecule has 2 fully saturated rings. The van der Waals surface area contributed by atoms with Crippen molar-refractivity contribution < 1.29 is 22.7 Å². The molecule has 2 aliphatic rings. The van der Waals surface area contributed by atoms with Crippen molar-refractivity contribution in [3.05, 3.63) is 59.7 Å². The topological polar surface area (TPSA) is 92.8 Å². The Hall–Kier alpha value is -2.01. The molecule has 1 N–H and O–H groups in total. The monoisotopic (exact) mass is 492 g/mol. The molecule has 2 saturated heterocycles. The number of amides is 1. The molecule has 170 valence electrons. The SMILES string of the molecule is O=C(COC(=O)c1ccc(C2SCCS2)cc1)Nc1cccc(S(=O)(=O)N2CCCC2)c1. The zero-order chi connectivity index (χ0) is 22.6. The number of anilines is 1. The molecule has 2 aromatic carbocycles. The minimum absolute atomic E-state index is 0.132. The summed E-state index contributed by atoms with van der Waals surface area (Å²) in [4.78, 5) is 24.6. The Labute approximate surface area is 196 Å². The number of carbonyl (C=O) groups is 2. The van der Waals surface area contributed by atoms with Crippen LogP contribution < -0.4 is 5.32 Å². The highest BCUT2D eigenvalue weighted by atomic mass is 32.2. The van der Waals surface area contributed by atoms with E-state index < -0.39 is 28.5 Å². The van der Waals surface area contributed by atoms with E-state index in [1.165, 1.54) is 16.4 Å². The van der Waals surface area contributed by atoms with Crippen molar-refractivity contribution in [3.63, 3.8) is 0 Å². The van der Waals surface area contributed by atoms with Crippen LogP contribution in [0.1, 0.15) is 33.3 Å². The number of hydrogen-bond donors (Lipinski definition) is 1. The Morgan fingerprint density at radius 3 is 2.41 bits per heavy atom. The van der Waals surface area contributed by atoms with Crippen LogP contribution in [0.25, 0.3) is 0 Å². The van der Waals surface area contributed by atoms with Gasteiger partial charge in [-0.1, -0.05) is 18.2 Å². The average molecular weight is 493 g/mol. The first-order chi connectivity index (χ1) is 15.4. The van der Waals surface area contributed by atoms with Crippen molar-refractivity contribution in [2.45, 2.75) is 22.3 Å². The minimum atomic E-state index is -3.57. The zero-order valence-electron chi connectivity index (χ0n) is 17.4. The quantitative estimate of drug-likeness (QED) is 0.589. The first-order valence-electron chi connectivity index (χ1n) is 10.3. The Bertz CT molecular complexity index is 1080. The third kappa shape index (κ3) is 5.48. The standard InChI is InChI=1S/C22H24N2O5S3/c25-20(15-29-21(26)16-6-8-17(9-7-16)22-30-12-13-31-22)23-18-4-3-5-19(14-18)32(27,28)24-10-1-2-11-24/h3-9,14,22H,1-2,10-13,15H2,(H,23,25). The van der Waals surface area contributed by atoms with E-state index in [1.54, 1.807) is 24.3 Å². The highest BCUT2D eigenvalue weighted by Gasteiger charge is 2.27. The Morgan fingerprint density at radius 2 is 1.72 bits per heavy atom. The summed E-state index contributed by atoms with van der Waals surface area (Å²) in [5.74, 6) is 1.14. The summed E-state index contributed by atoms with van der Waals surface area (Å²) in [7, 11) is -3.57. The van der Waals surface area contributed by atoms with Gasteiger partial charge in [0.1, 0.15) is 0 Å². The highest BCUT2D eigenvalue weighted by Crippen LogP contribution is 2.45. The van der Waals surface area contributed by atoms with E-state index in [0.29, 0.717) is 28.9 Å². The molecular weight excluding hydrogens is 468 g/mol. The van der Waals surface area contributed by atoms with Crippen LogP contribution in [0.2, 0.25) is 0 Å². The van der Waals surface area contributed by atoms with Crippen molar-refractivity contribution in [2.75, 3.05) is 36.5 Å². The van der Waals surface area contributed by atoms with Crippen LogP contribution in [0.4, 0.5) is 5.69 Å². The Kier molecular flexibility index (Phi) is 7.44. The zero-order valence-corrected chi connectivity index (χ0v) is 19.8. The van der Waals surface area contributed by atoms with Gasteiger partial charge in [-0.25, -0.2) is 13.2 Å². The molecule has 0 bridgehead atoms. The molecule has 2 aliphatic heterocycles. The van der Waals surface area contributed by atoms with Gasteiger partial charge in [0.2, 0.25) is 10.0 Å². The number of carbonyl (C=O) groups excluding carboxylic acids is 2. The number of hydrogen-bond acceptors (Lipinski definition) is 7. The summed E-state index contributed by atoms with van der Waals surface area (Å²) in [6.07, 6.45) is 1.70. The first-order valence-corrected chi connectivity index (χ1v) is 13.9. The van der Waals surface area contributed by atoms with Crippen LogP contribution in [-0.4, -0.2) is 55.8 Å². The summed E-state index contributed by atoms with van der Waals surface area (Å²) in [5, 5.41) is 2.59. The molecule has 2 heterocycles. The highest BCUT2D eigenvalue weighted by molar-refractivity contribution is 8.19. The van der Waals surface area contributed by atoms with Gasteiger partial charge in [-0.2, -0.15) is 4.31 Å². The molecule has 7 nitrogen and oxygen atoms in total. The number of benzene rings is 2. The summed E-state index contributed by atoms with van der Waals surface area (Å²) < 4.78 is 32.4. The fraction of sp³-hybridized carbons (Fsp3) is 0.364. The summed E-state index contributed by atoms with van der Waals surface area (Å²) in [6, 6.07) is 13.4. The van der Waals surface area contributed by atoms with E-state index in [9.17, 15) is 18.0 Å². The number of rotatable bonds is 7. The van der Waals surface area contributed by atoms with Crippen molar-refractivity contribution in [1.82, 2.24) is 4.31 Å². The lowest BCUT2D eigenvalue weighted by Gasteiger charge is -2.16. The van der Waals surface area contributed by atoms with Gasteiger partial charge in [-0.15, -0.1) is 23.5 Å². The van der Waals surface area contributed by atoms with Gasteiger partial charge in [0.25, 0.3) is 5.91 Å². The van der Waals surface area contributed by atoms with Crippen molar-refractivity contribution in [1.29, 1.82) is 0 Å². The molecule has 0 atom stereocenters. The lowest BCUT2D eigenvalue weighted by atomic mass is 10.1. The number of thioether (sulfide) groups is 2. The van der Waals surface area contributed by atoms with Crippen LogP contribution in [0.5, 0.6) is 0 Å². The smallest absolute Gasteiger partial charge is 0.338 e. The molecule has 4 rings (SSSR count). The molecule has 10 heteroatoms. The number of sulfonamides is 1. The van der Waals surface area contributed by atoms with Gasteiger partial charge in [-0.05, 0) is 48.7 Å². The van der Waals surface area contributed by atoms with E-state index in [4.69, 9.17) is 4.74 Å².